The first kappa shape index (κ1) is 22.1. The van der Waals surface area contributed by atoms with Gasteiger partial charge >= 0.3 is 6.09 Å². The minimum Gasteiger partial charge on any atom is -0.465 e. The number of hydrogen-bond acceptors (Lipinski definition) is 8. The summed E-state index contributed by atoms with van der Waals surface area (Å²) in [6, 6.07) is 5.98. The van der Waals surface area contributed by atoms with Crippen molar-refractivity contribution in [3.8, 4) is 6.07 Å². The molecule has 0 bridgehead atoms. The molecule has 0 unspecified atom stereocenters. The van der Waals surface area contributed by atoms with Crippen LogP contribution < -0.4 is 16.0 Å². The number of anilines is 3. The lowest BCUT2D eigenvalue weighted by atomic mass is 10.1. The van der Waals surface area contributed by atoms with Crippen molar-refractivity contribution >= 4 is 34.6 Å². The fraction of sp³-hybridized carbons (Fsp3) is 0.409. The van der Waals surface area contributed by atoms with Gasteiger partial charge in [-0.1, -0.05) is 6.92 Å². The van der Waals surface area contributed by atoms with Gasteiger partial charge < -0.3 is 30.5 Å². The van der Waals surface area contributed by atoms with Crippen molar-refractivity contribution in [1.29, 1.82) is 5.26 Å². The molecule has 1 atom stereocenters. The maximum atomic E-state index is 11.4. The van der Waals surface area contributed by atoms with E-state index in [1.807, 2.05) is 30.8 Å². The molecule has 4 heterocycles. The summed E-state index contributed by atoms with van der Waals surface area (Å²) in [5.41, 5.74) is 10.3. The van der Waals surface area contributed by atoms with E-state index in [1.165, 1.54) is 4.90 Å². The van der Waals surface area contributed by atoms with Gasteiger partial charge in [0.05, 0.1) is 34.2 Å². The third-order valence-electron chi connectivity index (χ3n) is 6.03. The van der Waals surface area contributed by atoms with E-state index in [9.17, 15) is 15.2 Å². The zero-order valence-corrected chi connectivity index (χ0v) is 18.9. The molecule has 4 N–H and O–H groups in total. The highest BCUT2D eigenvalue weighted by Crippen LogP contribution is 2.34. The van der Waals surface area contributed by atoms with Crippen LogP contribution in [0.15, 0.2) is 18.3 Å². The van der Waals surface area contributed by atoms with E-state index in [0.717, 1.165) is 22.4 Å². The van der Waals surface area contributed by atoms with E-state index in [2.05, 4.69) is 32.3 Å². The number of nitrogen functional groups attached to an aromatic ring is 1. The number of aromatic nitrogens is 4. The lowest BCUT2D eigenvalue weighted by molar-refractivity contribution is 0.142. The quantitative estimate of drug-likeness (QED) is 0.534. The summed E-state index contributed by atoms with van der Waals surface area (Å²) < 4.78 is 2.01. The Hall–Kier alpha value is -4.07. The van der Waals surface area contributed by atoms with Crippen LogP contribution in [0.5, 0.6) is 0 Å². The number of pyridine rings is 1. The first-order valence-corrected chi connectivity index (χ1v) is 10.8. The topological polar surface area (TPSA) is 149 Å². The molecule has 0 radical (unpaired) electrons. The van der Waals surface area contributed by atoms with Crippen LogP contribution in [0.3, 0.4) is 0 Å². The molecule has 0 saturated carbocycles. The van der Waals surface area contributed by atoms with Gasteiger partial charge in [0.25, 0.3) is 0 Å². The van der Waals surface area contributed by atoms with Crippen molar-refractivity contribution in [2.75, 3.05) is 42.1 Å². The molecule has 1 aliphatic rings. The van der Waals surface area contributed by atoms with Gasteiger partial charge in [-0.2, -0.15) is 10.2 Å². The molecule has 3 aromatic rings. The number of aryl methyl sites for hydroxylation is 2. The second-order valence-corrected chi connectivity index (χ2v) is 8.09. The average molecular weight is 450 g/mol. The fourth-order valence-electron chi connectivity index (χ4n) is 4.20. The van der Waals surface area contributed by atoms with E-state index in [-0.39, 0.29) is 12.0 Å². The second kappa shape index (κ2) is 8.82. The van der Waals surface area contributed by atoms with Crippen molar-refractivity contribution < 1.29 is 9.90 Å². The molecule has 0 aliphatic carbocycles. The number of nitrogens with two attached hydrogens (primary N) is 1. The number of fused-ring (bicyclic) bond motifs is 1. The molecule has 0 aromatic carbocycles. The SMILES string of the molecule is CC[C@H](Nc1nc(N)nc(C)c1C#N)c1nc2ccn(C)c2cc1N1CCN(C(=O)O)CC1. The van der Waals surface area contributed by atoms with Crippen LogP contribution in [-0.2, 0) is 7.05 Å². The molecule has 0 spiro atoms. The number of carboxylic acid groups (broad SMARTS) is 1. The molecular weight excluding hydrogens is 422 g/mol. The Balaban J connectivity index is 1.76. The summed E-state index contributed by atoms with van der Waals surface area (Å²) in [5, 5.41) is 22.3. The molecule has 4 rings (SSSR count). The predicted octanol–water partition coefficient (Wildman–Crippen LogP) is 2.49. The summed E-state index contributed by atoms with van der Waals surface area (Å²) in [7, 11) is 1.97. The van der Waals surface area contributed by atoms with Gasteiger partial charge in [0.2, 0.25) is 5.95 Å². The summed E-state index contributed by atoms with van der Waals surface area (Å²) in [6.45, 7) is 5.73. The highest BCUT2D eigenvalue weighted by molar-refractivity contribution is 5.81. The number of carbonyl (C=O) groups is 1. The Morgan fingerprint density at radius 1 is 1.30 bits per heavy atom. The van der Waals surface area contributed by atoms with Crippen LogP contribution in [0, 0.1) is 18.3 Å². The third-order valence-corrected chi connectivity index (χ3v) is 6.03. The van der Waals surface area contributed by atoms with Crippen molar-refractivity contribution in [2.45, 2.75) is 26.3 Å². The lowest BCUT2D eigenvalue weighted by Gasteiger charge is -2.36. The number of hydrogen-bond donors (Lipinski definition) is 3. The van der Waals surface area contributed by atoms with E-state index >= 15 is 0 Å². The van der Waals surface area contributed by atoms with Gasteiger partial charge in [-0.3, -0.25) is 0 Å². The average Bonchev–Trinajstić information content (AvgIpc) is 3.16. The predicted molar refractivity (Wildman–Crippen MR) is 125 cm³/mol. The number of amides is 1. The maximum absolute atomic E-state index is 11.4. The van der Waals surface area contributed by atoms with Crippen molar-refractivity contribution in [3.63, 3.8) is 0 Å². The zero-order chi connectivity index (χ0) is 23.7. The molecule has 3 aromatic heterocycles. The maximum Gasteiger partial charge on any atom is 0.407 e. The molecular formula is C22H27N9O2. The fourth-order valence-corrected chi connectivity index (χ4v) is 4.20. The Labute approximate surface area is 191 Å². The molecule has 1 amide bonds. The number of nitriles is 1. The van der Waals surface area contributed by atoms with Crippen LogP contribution in [0.25, 0.3) is 11.0 Å². The Morgan fingerprint density at radius 3 is 2.67 bits per heavy atom. The molecule has 172 valence electrons. The molecule has 33 heavy (non-hydrogen) atoms. The summed E-state index contributed by atoms with van der Waals surface area (Å²) in [6.07, 6.45) is 1.74. The number of nitrogens with zero attached hydrogens (tertiary/aromatic N) is 7. The molecule has 1 fully saturated rings. The number of piperazine rings is 1. The zero-order valence-electron chi connectivity index (χ0n) is 18.9. The van der Waals surface area contributed by atoms with E-state index in [0.29, 0.717) is 49.7 Å². The Morgan fingerprint density at radius 2 is 2.03 bits per heavy atom. The Kier molecular flexibility index (Phi) is 5.91. The van der Waals surface area contributed by atoms with E-state index in [1.54, 1.807) is 6.92 Å². The third kappa shape index (κ3) is 4.19. The minimum absolute atomic E-state index is 0.0975. The Bertz CT molecular complexity index is 1240. The van der Waals surface area contributed by atoms with E-state index in [4.69, 9.17) is 10.7 Å². The standard InChI is InChI=1S/C22H27N9O2/c1-4-15(27-20-14(12-23)13(2)25-21(24)28-20)19-18(11-17-16(26-19)5-6-29(17)3)30-7-9-31(10-8-30)22(32)33/h5-6,11,15H,4,7-10H2,1-3H3,(H,32,33)(H3,24,25,27,28)/t15-/m0/s1. The van der Waals surface area contributed by atoms with Crippen LogP contribution in [0.4, 0.5) is 22.2 Å². The molecule has 1 saturated heterocycles. The van der Waals surface area contributed by atoms with E-state index < -0.39 is 6.09 Å². The summed E-state index contributed by atoms with van der Waals surface area (Å²) in [4.78, 5) is 28.3. The van der Waals surface area contributed by atoms with Crippen molar-refractivity contribution in [3.05, 3.63) is 35.3 Å². The number of nitrogens with one attached hydrogen (secondary N) is 1. The highest BCUT2D eigenvalue weighted by atomic mass is 16.4. The van der Waals surface area contributed by atoms with Gasteiger partial charge in [-0.05, 0) is 25.5 Å². The second-order valence-electron chi connectivity index (χ2n) is 8.09. The van der Waals surface area contributed by atoms with Gasteiger partial charge in [-0.25, -0.2) is 14.8 Å². The normalized spacial score (nSPS) is 14.8. The highest BCUT2D eigenvalue weighted by Gasteiger charge is 2.27. The monoisotopic (exact) mass is 449 g/mol. The van der Waals surface area contributed by atoms with Crippen LogP contribution in [0.2, 0.25) is 0 Å². The molecule has 11 heteroatoms. The van der Waals surface area contributed by atoms with Crippen LogP contribution in [-0.4, -0.2) is 61.8 Å². The largest absolute Gasteiger partial charge is 0.465 e. The lowest BCUT2D eigenvalue weighted by Crippen LogP contribution is -2.48. The first-order valence-electron chi connectivity index (χ1n) is 10.8. The minimum atomic E-state index is -0.903. The van der Waals surface area contributed by atoms with Crippen LogP contribution >= 0.6 is 0 Å². The van der Waals surface area contributed by atoms with Gasteiger partial charge in [0, 0.05) is 39.4 Å². The molecule has 1 aliphatic heterocycles. The van der Waals surface area contributed by atoms with Crippen molar-refractivity contribution in [1.82, 2.24) is 24.4 Å². The first-order chi connectivity index (χ1) is 15.8. The van der Waals surface area contributed by atoms with Gasteiger partial charge in [0.15, 0.2) is 0 Å². The summed E-state index contributed by atoms with van der Waals surface area (Å²) in [5.74, 6) is 0.478. The molecule has 11 nitrogen and oxygen atoms in total. The smallest absolute Gasteiger partial charge is 0.407 e. The van der Waals surface area contributed by atoms with Crippen LogP contribution in [0.1, 0.15) is 36.3 Å². The van der Waals surface area contributed by atoms with Gasteiger partial charge in [-0.15, -0.1) is 0 Å². The number of rotatable bonds is 5. The van der Waals surface area contributed by atoms with Crippen molar-refractivity contribution in [2.24, 2.45) is 7.05 Å². The summed E-state index contributed by atoms with van der Waals surface area (Å²) >= 11 is 0. The van der Waals surface area contributed by atoms with Gasteiger partial charge in [0.1, 0.15) is 17.5 Å².